The summed E-state index contributed by atoms with van der Waals surface area (Å²) in [5, 5.41) is 69.1. The van der Waals surface area contributed by atoms with Crippen molar-refractivity contribution in [2.75, 3.05) is 26.4 Å². The van der Waals surface area contributed by atoms with Gasteiger partial charge in [-0.15, -0.1) is 0 Å². The van der Waals surface area contributed by atoms with E-state index in [2.05, 4.69) is 9.47 Å². The summed E-state index contributed by atoms with van der Waals surface area (Å²) in [6.45, 7) is 0.130. The molecule has 0 saturated carbocycles. The minimum Gasteiger partial charge on any atom is -0.508 e. The van der Waals surface area contributed by atoms with Crippen molar-refractivity contribution >= 4 is 62.8 Å². The second-order valence-electron chi connectivity index (χ2n) is 14.6. The fourth-order valence-corrected chi connectivity index (χ4v) is 6.64. The molecule has 4 aromatic carbocycles. The van der Waals surface area contributed by atoms with Crippen LogP contribution < -0.4 is 50.1 Å². The molecule has 0 aliphatic carbocycles. The molecule has 8 aromatic rings. The Morgan fingerprint density at radius 2 is 0.800 bits per heavy atom. The van der Waals surface area contributed by atoms with E-state index in [1.54, 1.807) is 6.92 Å². The number of rotatable bonds is 17. The van der Waals surface area contributed by atoms with E-state index in [0.29, 0.717) is 5.76 Å². The van der Waals surface area contributed by atoms with Gasteiger partial charge in [-0.25, -0.2) is 4.79 Å². The molecule has 0 radical (unpaired) electrons. The highest BCUT2D eigenvalue weighted by Gasteiger charge is 2.21. The zero-order chi connectivity index (χ0) is 50.4. The normalized spacial score (nSPS) is 11.9. The van der Waals surface area contributed by atoms with Crippen molar-refractivity contribution in [2.45, 2.75) is 19.1 Å². The second kappa shape index (κ2) is 20.5. The van der Waals surface area contributed by atoms with E-state index in [1.807, 2.05) is 0 Å². The predicted octanol–water partition coefficient (Wildman–Crippen LogP) is 3.34. The van der Waals surface area contributed by atoms with Gasteiger partial charge in [-0.3, -0.25) is 28.8 Å². The number of phenolic OH excluding ortho intramolecular Hbond substituents is 4. The molecule has 0 aliphatic heterocycles. The summed E-state index contributed by atoms with van der Waals surface area (Å²) in [4.78, 5) is 81.6. The Hall–Kier alpha value is -9.55. The molecule has 362 valence electrons. The van der Waals surface area contributed by atoms with Gasteiger partial charge in [-0.05, 0) is 6.92 Å². The second-order valence-corrected chi connectivity index (χ2v) is 14.6. The maximum atomic E-state index is 12.4. The van der Waals surface area contributed by atoms with Crippen LogP contribution in [0.5, 0.6) is 57.9 Å². The molecule has 4 aromatic heterocycles. The Labute approximate surface area is 387 Å². The molecule has 7 N–H and O–H groups in total. The fraction of sp³-hybridized carbons (Fsp3) is 0.152. The van der Waals surface area contributed by atoms with E-state index < -0.39 is 59.4 Å². The molecule has 24 nitrogen and oxygen atoms in total. The molecule has 24 heteroatoms. The summed E-state index contributed by atoms with van der Waals surface area (Å²) >= 11 is 0. The third-order valence-electron chi connectivity index (χ3n) is 9.46. The first-order valence-electron chi connectivity index (χ1n) is 19.9. The van der Waals surface area contributed by atoms with E-state index in [4.69, 9.17) is 41.7 Å². The highest BCUT2D eigenvalue weighted by molar-refractivity contribution is 5.91. The van der Waals surface area contributed by atoms with Crippen LogP contribution in [0.3, 0.4) is 0 Å². The maximum Gasteiger partial charge on any atom is 0.371 e. The molecule has 70 heavy (non-hydrogen) atoms. The van der Waals surface area contributed by atoms with Crippen molar-refractivity contribution in [3.8, 4) is 57.9 Å². The number of carbonyl (C=O) groups excluding carboxylic acids is 2. The number of carboxylic acids is 1. The van der Waals surface area contributed by atoms with E-state index in [1.165, 1.54) is 18.2 Å². The number of carboxylic acid groups (broad SMARTS) is 1. The van der Waals surface area contributed by atoms with Crippen LogP contribution in [0.15, 0.2) is 110 Å². The van der Waals surface area contributed by atoms with E-state index in [-0.39, 0.29) is 127 Å². The van der Waals surface area contributed by atoms with Gasteiger partial charge in [-0.2, -0.15) is 0 Å². The van der Waals surface area contributed by atoms with Crippen LogP contribution in [0.2, 0.25) is 0 Å². The van der Waals surface area contributed by atoms with Crippen LogP contribution >= 0.6 is 0 Å². The molecule has 4 heterocycles. The topological polar surface area (TPSA) is 369 Å². The lowest BCUT2D eigenvalue weighted by Crippen LogP contribution is -2.25. The van der Waals surface area contributed by atoms with Crippen LogP contribution in [-0.4, -0.2) is 93.3 Å². The highest BCUT2D eigenvalue weighted by Crippen LogP contribution is 2.34. The molecule has 2 unspecified atom stereocenters. The molecule has 0 aliphatic rings. The number of hydrogen-bond donors (Lipinski definition) is 7. The molecule has 0 spiro atoms. The van der Waals surface area contributed by atoms with Crippen LogP contribution in [0.25, 0.3) is 43.9 Å². The number of hydrogen-bond acceptors (Lipinski definition) is 23. The van der Waals surface area contributed by atoms with Gasteiger partial charge >= 0.3 is 18.9 Å². The lowest BCUT2D eigenvalue weighted by Gasteiger charge is -2.15. The Morgan fingerprint density at radius 3 is 1.14 bits per heavy atom. The monoisotopic (exact) mass is 970 g/mol. The first kappa shape index (κ1) is 48.4. The molecule has 8 rings (SSSR count). The number of benzene rings is 4. The number of aromatic hydroxyl groups is 4. The van der Waals surface area contributed by atoms with Gasteiger partial charge in [0.25, 0.3) is 11.9 Å². The number of phenols is 4. The van der Waals surface area contributed by atoms with Gasteiger partial charge in [0.2, 0.25) is 5.76 Å². The van der Waals surface area contributed by atoms with E-state index in [0.717, 1.165) is 54.6 Å². The van der Waals surface area contributed by atoms with Crippen molar-refractivity contribution in [3.05, 3.63) is 125 Å². The number of aliphatic hydroxyl groups excluding tert-OH is 2. The maximum absolute atomic E-state index is 12.4. The predicted molar refractivity (Wildman–Crippen MR) is 236 cm³/mol. The smallest absolute Gasteiger partial charge is 0.371 e. The van der Waals surface area contributed by atoms with Crippen LogP contribution in [-0.2, 0) is 9.59 Å². The third-order valence-corrected chi connectivity index (χ3v) is 9.46. The van der Waals surface area contributed by atoms with Crippen molar-refractivity contribution in [1.29, 1.82) is 0 Å². The van der Waals surface area contributed by atoms with Crippen LogP contribution in [0, 0.1) is 6.92 Å². The SMILES string of the molecule is Cc1cc(=O)c2c(OCC(O)COc3cc(O)cc4oc(OC=O)cc(=O)c34)cc(O)cc2o1.O=COc1cc(=O)c2c(OCC(O)COc3cc(O)cc4oc(C(=O)O)cc(=O)c34)cc(O)cc2o1. The number of carbonyl (C=O) groups is 3. The summed E-state index contributed by atoms with van der Waals surface area (Å²) in [6.07, 6.45) is -2.58. The van der Waals surface area contributed by atoms with Crippen LogP contribution in [0.1, 0.15) is 16.3 Å². The van der Waals surface area contributed by atoms with E-state index >= 15 is 0 Å². The van der Waals surface area contributed by atoms with E-state index in [9.17, 15) is 64.2 Å². The van der Waals surface area contributed by atoms with Gasteiger partial charge < -0.3 is 81.8 Å². The number of aromatic carboxylic acids is 1. The molecular weight excluding hydrogens is 936 g/mol. The Bertz CT molecular complexity index is 3560. The Kier molecular flexibility index (Phi) is 14.2. The lowest BCUT2D eigenvalue weighted by atomic mass is 10.2. The lowest BCUT2D eigenvalue weighted by molar-refractivity contribution is -0.122. The molecule has 0 fully saturated rings. The number of aliphatic hydroxyl groups is 2. The zero-order valence-electron chi connectivity index (χ0n) is 35.6. The minimum absolute atomic E-state index is 0.00829. The van der Waals surface area contributed by atoms with Gasteiger partial charge in [-0.1, -0.05) is 0 Å². The largest absolute Gasteiger partial charge is 0.508 e. The molecule has 2 atom stereocenters. The van der Waals surface area contributed by atoms with Gasteiger partial charge in [0, 0.05) is 60.7 Å². The minimum atomic E-state index is -1.48. The number of aryl methyl sites for hydroxylation is 1. The van der Waals surface area contributed by atoms with Gasteiger partial charge in [0.15, 0.2) is 21.7 Å². The summed E-state index contributed by atoms with van der Waals surface area (Å²) in [7, 11) is 0. The van der Waals surface area contributed by atoms with Crippen molar-refractivity contribution in [1.82, 2.24) is 0 Å². The fourth-order valence-electron chi connectivity index (χ4n) is 6.64. The zero-order valence-corrected chi connectivity index (χ0v) is 35.6. The molecule has 0 amide bonds. The Balaban J connectivity index is 0.000000207. The Morgan fingerprint density at radius 1 is 0.486 bits per heavy atom. The molecular formula is C46H34O24. The summed E-state index contributed by atoms with van der Waals surface area (Å²) in [5.41, 5.74) is -2.73. The molecule has 0 saturated heterocycles. The van der Waals surface area contributed by atoms with Gasteiger partial charge in [0.1, 0.15) is 134 Å². The summed E-state index contributed by atoms with van der Waals surface area (Å²) < 4.78 is 52.0. The average Bonchev–Trinajstić information content (AvgIpc) is 3.27. The summed E-state index contributed by atoms with van der Waals surface area (Å²) in [5.74, 6) is -4.13. The van der Waals surface area contributed by atoms with Crippen molar-refractivity contribution < 1.29 is 96.2 Å². The average molecular weight is 971 g/mol. The quantitative estimate of drug-likeness (QED) is 0.0643. The molecule has 0 bridgehead atoms. The van der Waals surface area contributed by atoms with Gasteiger partial charge in [0.05, 0.1) is 12.1 Å². The van der Waals surface area contributed by atoms with Crippen LogP contribution in [0.4, 0.5) is 0 Å². The van der Waals surface area contributed by atoms with Crippen molar-refractivity contribution in [3.63, 3.8) is 0 Å². The third kappa shape index (κ3) is 11.0. The van der Waals surface area contributed by atoms with Crippen molar-refractivity contribution in [2.24, 2.45) is 0 Å². The summed E-state index contributed by atoms with van der Waals surface area (Å²) in [6, 6.07) is 13.0. The number of ether oxygens (including phenoxy) is 6. The highest BCUT2D eigenvalue weighted by atomic mass is 16.6. The standard InChI is InChI=1S/C23H16O13.C23H18O11/c24-9-34-20-6-14(29)22-16(2-11(26)4-18(22)36-20)33-8-12(27)7-32-15-1-10(25)3-17-21(15)13(28)5-19(35-17)23(30)31;1-11-2-15(28)22-17(3-12(25)5-19(22)33-11)30-8-14(27)9-31-18-4-13(26)6-20-23(18)16(29)7-21(34-20)32-10-24/h1-6,9,12,25-27H,7-8H2,(H,30,31);2-7,10,14,25-27H,8-9H2,1H3. The first-order valence-corrected chi connectivity index (χ1v) is 19.9. The first-order chi connectivity index (χ1) is 33.4. The number of fused-ring (bicyclic) bond motifs is 4.